The quantitative estimate of drug-likeness (QED) is 0.689. The van der Waals surface area contributed by atoms with Crippen molar-refractivity contribution in [3.63, 3.8) is 0 Å². The van der Waals surface area contributed by atoms with Gasteiger partial charge >= 0.3 is 0 Å². The minimum Gasteiger partial charge on any atom is -0.337 e. The van der Waals surface area contributed by atoms with Gasteiger partial charge in [0, 0.05) is 5.38 Å². The summed E-state index contributed by atoms with van der Waals surface area (Å²) < 4.78 is 3.78. The van der Waals surface area contributed by atoms with E-state index in [1.807, 2.05) is 11.4 Å². The number of imidazole rings is 1. The number of nitrogens with one attached hydrogen (secondary N) is 1. The lowest BCUT2D eigenvalue weighted by Crippen LogP contribution is -1.79. The molecular formula is C10H5N5S. The van der Waals surface area contributed by atoms with Crippen LogP contribution < -0.4 is 0 Å². The molecule has 0 aliphatic rings. The normalized spacial score (nSPS) is 10.4. The highest BCUT2D eigenvalue weighted by Crippen LogP contribution is 2.19. The Labute approximate surface area is 94.5 Å². The van der Waals surface area contributed by atoms with Gasteiger partial charge in [-0.1, -0.05) is 4.49 Å². The van der Waals surface area contributed by atoms with Crippen LogP contribution in [-0.2, 0) is 0 Å². The number of benzene rings is 1. The summed E-state index contributed by atoms with van der Waals surface area (Å²) in [6.07, 6.45) is 0. The number of nitrogens with zero attached hydrogens (tertiary/aromatic N) is 4. The Balaban J connectivity index is 2.20. The van der Waals surface area contributed by atoms with E-state index in [1.165, 1.54) is 11.5 Å². The SMILES string of the molecule is N#Cc1ccc2nc(-c3csnn3)[nH]c2c1. The summed E-state index contributed by atoms with van der Waals surface area (Å²) >= 11 is 1.28. The van der Waals surface area contributed by atoms with Gasteiger partial charge in [0.25, 0.3) is 0 Å². The fraction of sp³-hybridized carbons (Fsp3) is 0. The largest absolute Gasteiger partial charge is 0.337 e. The van der Waals surface area contributed by atoms with Crippen LogP contribution in [0.3, 0.4) is 0 Å². The molecular weight excluding hydrogens is 222 g/mol. The summed E-state index contributed by atoms with van der Waals surface area (Å²) in [7, 11) is 0. The Morgan fingerprint density at radius 1 is 1.38 bits per heavy atom. The van der Waals surface area contributed by atoms with Crippen molar-refractivity contribution in [2.75, 3.05) is 0 Å². The lowest BCUT2D eigenvalue weighted by molar-refractivity contribution is 1.13. The maximum atomic E-state index is 8.78. The van der Waals surface area contributed by atoms with Gasteiger partial charge in [-0.05, 0) is 29.7 Å². The van der Waals surface area contributed by atoms with Crippen molar-refractivity contribution in [3.8, 4) is 17.6 Å². The van der Waals surface area contributed by atoms with Gasteiger partial charge in [-0.3, -0.25) is 0 Å². The van der Waals surface area contributed by atoms with Crippen molar-refractivity contribution in [1.82, 2.24) is 19.6 Å². The van der Waals surface area contributed by atoms with Crippen LogP contribution in [0.5, 0.6) is 0 Å². The second-order valence-corrected chi connectivity index (χ2v) is 3.83. The summed E-state index contributed by atoms with van der Waals surface area (Å²) in [5.41, 5.74) is 2.99. The first-order valence-electron chi connectivity index (χ1n) is 4.54. The minimum absolute atomic E-state index is 0.610. The first-order chi connectivity index (χ1) is 7.86. The first-order valence-corrected chi connectivity index (χ1v) is 5.38. The third kappa shape index (κ3) is 1.34. The molecule has 0 bridgehead atoms. The molecule has 76 valence electrons. The first kappa shape index (κ1) is 9.00. The summed E-state index contributed by atoms with van der Waals surface area (Å²) in [6, 6.07) is 7.41. The highest BCUT2D eigenvalue weighted by atomic mass is 32.1. The molecule has 0 amide bonds. The summed E-state index contributed by atoms with van der Waals surface area (Å²) in [5.74, 6) is 0.679. The predicted molar refractivity (Wildman–Crippen MR) is 59.7 cm³/mol. The van der Waals surface area contributed by atoms with E-state index >= 15 is 0 Å². The molecule has 0 spiro atoms. The molecule has 0 radical (unpaired) electrons. The Hall–Kier alpha value is -2.26. The molecule has 6 heteroatoms. The van der Waals surface area contributed by atoms with Gasteiger partial charge in [-0.2, -0.15) is 5.26 Å². The van der Waals surface area contributed by atoms with Crippen molar-refractivity contribution in [3.05, 3.63) is 29.1 Å². The number of nitriles is 1. The van der Waals surface area contributed by atoms with Crippen LogP contribution in [0.2, 0.25) is 0 Å². The van der Waals surface area contributed by atoms with Crippen molar-refractivity contribution < 1.29 is 0 Å². The third-order valence-electron chi connectivity index (χ3n) is 2.21. The molecule has 0 saturated heterocycles. The Bertz CT molecular complexity index is 677. The molecule has 1 aromatic carbocycles. The number of rotatable bonds is 1. The van der Waals surface area contributed by atoms with Crippen molar-refractivity contribution >= 4 is 22.6 Å². The Morgan fingerprint density at radius 3 is 3.06 bits per heavy atom. The van der Waals surface area contributed by atoms with Crippen molar-refractivity contribution in [2.24, 2.45) is 0 Å². The van der Waals surface area contributed by atoms with E-state index in [0.29, 0.717) is 11.4 Å². The van der Waals surface area contributed by atoms with Crippen molar-refractivity contribution in [1.29, 1.82) is 5.26 Å². The zero-order valence-electron chi connectivity index (χ0n) is 8.01. The van der Waals surface area contributed by atoms with Crippen molar-refractivity contribution in [2.45, 2.75) is 0 Å². The molecule has 2 aromatic heterocycles. The summed E-state index contributed by atoms with van der Waals surface area (Å²) in [4.78, 5) is 7.48. The van der Waals surface area contributed by atoms with E-state index in [2.05, 4.69) is 25.6 Å². The number of hydrogen-bond donors (Lipinski definition) is 1. The molecule has 0 aliphatic heterocycles. The fourth-order valence-corrected chi connectivity index (χ4v) is 1.91. The molecule has 0 unspecified atom stereocenters. The van der Waals surface area contributed by atoms with E-state index in [1.54, 1.807) is 12.1 Å². The number of fused-ring (bicyclic) bond motifs is 1. The summed E-state index contributed by atoms with van der Waals surface area (Å²) in [6.45, 7) is 0. The topological polar surface area (TPSA) is 78.2 Å². The number of H-pyrrole nitrogens is 1. The minimum atomic E-state index is 0.610. The molecule has 2 heterocycles. The van der Waals surface area contributed by atoms with E-state index in [9.17, 15) is 0 Å². The van der Waals surface area contributed by atoms with E-state index in [4.69, 9.17) is 5.26 Å². The number of hydrogen-bond acceptors (Lipinski definition) is 5. The smallest absolute Gasteiger partial charge is 0.160 e. The van der Waals surface area contributed by atoms with Crippen LogP contribution >= 0.6 is 11.5 Å². The maximum absolute atomic E-state index is 8.78. The van der Waals surface area contributed by atoms with E-state index in [-0.39, 0.29) is 0 Å². The van der Waals surface area contributed by atoms with Gasteiger partial charge in [0.1, 0.15) is 5.69 Å². The van der Waals surface area contributed by atoms with Gasteiger partial charge < -0.3 is 4.98 Å². The summed E-state index contributed by atoms with van der Waals surface area (Å²) in [5, 5.41) is 14.5. The van der Waals surface area contributed by atoms with E-state index < -0.39 is 0 Å². The zero-order valence-corrected chi connectivity index (χ0v) is 8.82. The fourth-order valence-electron chi connectivity index (χ4n) is 1.47. The predicted octanol–water partition coefficient (Wildman–Crippen LogP) is 1.95. The average molecular weight is 227 g/mol. The molecule has 0 fully saturated rings. The molecule has 1 N–H and O–H groups in total. The van der Waals surface area contributed by atoms with Crippen LogP contribution in [-0.4, -0.2) is 19.6 Å². The Morgan fingerprint density at radius 2 is 2.31 bits per heavy atom. The highest BCUT2D eigenvalue weighted by molar-refractivity contribution is 7.03. The molecule has 0 atom stereocenters. The number of aromatic nitrogens is 4. The lowest BCUT2D eigenvalue weighted by atomic mass is 10.2. The molecule has 5 nitrogen and oxygen atoms in total. The molecule has 16 heavy (non-hydrogen) atoms. The zero-order chi connectivity index (χ0) is 11.0. The third-order valence-corrected chi connectivity index (χ3v) is 2.72. The van der Waals surface area contributed by atoms with Gasteiger partial charge in [0.15, 0.2) is 5.82 Å². The molecule has 3 rings (SSSR count). The lowest BCUT2D eigenvalue weighted by Gasteiger charge is -1.87. The molecule has 3 aromatic rings. The Kier molecular flexibility index (Phi) is 1.91. The van der Waals surface area contributed by atoms with Gasteiger partial charge in [-0.25, -0.2) is 4.98 Å². The van der Waals surface area contributed by atoms with Crippen LogP contribution in [0.1, 0.15) is 5.56 Å². The van der Waals surface area contributed by atoms with E-state index in [0.717, 1.165) is 16.7 Å². The van der Waals surface area contributed by atoms with Gasteiger partial charge in [-0.15, -0.1) is 5.10 Å². The standard InChI is InChI=1S/C10H5N5S/c11-4-6-1-2-7-8(3-6)13-10(12-7)9-5-16-15-14-9/h1-3,5H,(H,12,13). The second-order valence-electron chi connectivity index (χ2n) is 3.22. The van der Waals surface area contributed by atoms with Crippen LogP contribution in [0.4, 0.5) is 0 Å². The van der Waals surface area contributed by atoms with Gasteiger partial charge in [0.05, 0.1) is 22.7 Å². The molecule has 0 saturated carbocycles. The highest BCUT2D eigenvalue weighted by Gasteiger charge is 2.07. The van der Waals surface area contributed by atoms with Crippen LogP contribution in [0.15, 0.2) is 23.6 Å². The maximum Gasteiger partial charge on any atom is 0.160 e. The molecule has 0 aliphatic carbocycles. The average Bonchev–Trinajstić information content (AvgIpc) is 2.96. The van der Waals surface area contributed by atoms with Crippen LogP contribution in [0, 0.1) is 11.3 Å². The van der Waals surface area contributed by atoms with Gasteiger partial charge in [0.2, 0.25) is 0 Å². The monoisotopic (exact) mass is 227 g/mol. The van der Waals surface area contributed by atoms with Crippen LogP contribution in [0.25, 0.3) is 22.6 Å². The number of aromatic amines is 1. The second kappa shape index (κ2) is 3.40.